The van der Waals surface area contributed by atoms with Crippen LogP contribution in [-0.4, -0.2) is 50.4 Å². The van der Waals surface area contributed by atoms with E-state index in [1.807, 2.05) is 0 Å². The highest BCUT2D eigenvalue weighted by atomic mass is 15.2. The second-order valence-corrected chi connectivity index (χ2v) is 3.14. The Labute approximate surface area is 64.6 Å². The van der Waals surface area contributed by atoms with E-state index < -0.39 is 0 Å². The summed E-state index contributed by atoms with van der Waals surface area (Å²) in [6, 6.07) is 0. The van der Waals surface area contributed by atoms with Gasteiger partial charge in [-0.05, 0) is 26.1 Å². The molecule has 0 atom stereocenters. The number of rotatable bonds is 2. The van der Waals surface area contributed by atoms with Crippen molar-refractivity contribution in [2.75, 3.05) is 32.7 Å². The molecule has 3 heteroatoms. The van der Waals surface area contributed by atoms with Crippen LogP contribution in [0.25, 0.3) is 0 Å². The summed E-state index contributed by atoms with van der Waals surface area (Å²) in [4.78, 5) is 4.94. The van der Waals surface area contributed by atoms with Gasteiger partial charge in [0.2, 0.25) is 0 Å². The first-order valence-electron chi connectivity index (χ1n) is 4.24. The molecule has 2 nitrogen and oxygen atoms in total. The fourth-order valence-corrected chi connectivity index (χ4v) is 1.39. The summed E-state index contributed by atoms with van der Waals surface area (Å²) < 4.78 is 0. The second-order valence-electron chi connectivity index (χ2n) is 3.14. The van der Waals surface area contributed by atoms with Crippen molar-refractivity contribution < 1.29 is 0 Å². The van der Waals surface area contributed by atoms with E-state index in [2.05, 4.69) is 24.6 Å². The lowest BCUT2D eigenvalue weighted by Crippen LogP contribution is -2.45. The summed E-state index contributed by atoms with van der Waals surface area (Å²) in [5, 5.41) is 0. The lowest BCUT2D eigenvalue weighted by atomic mass is 10.2. The Hall–Kier alpha value is -0.0151. The molecule has 1 aliphatic heterocycles. The average Bonchev–Trinajstić information content (AvgIpc) is 1.95. The molecule has 0 radical (unpaired) electrons. The van der Waals surface area contributed by atoms with Gasteiger partial charge in [-0.25, -0.2) is 0 Å². The molecule has 1 aliphatic rings. The van der Waals surface area contributed by atoms with Crippen LogP contribution in [0.1, 0.15) is 13.3 Å². The summed E-state index contributed by atoms with van der Waals surface area (Å²) in [5.41, 5.74) is 0. The highest BCUT2D eigenvalue weighted by Crippen LogP contribution is 1.98. The predicted molar refractivity (Wildman–Crippen MR) is 46.8 cm³/mol. The minimum Gasteiger partial charge on any atom is -0.346 e. The predicted octanol–water partition coefficient (Wildman–Crippen LogP) is -0.438. The maximum absolute atomic E-state index is 2.54. The quantitative estimate of drug-likeness (QED) is 0.480. The van der Waals surface area contributed by atoms with Crippen molar-refractivity contribution in [2.45, 2.75) is 13.3 Å². The van der Waals surface area contributed by atoms with Crippen molar-refractivity contribution in [3.8, 4) is 0 Å². The maximum atomic E-state index is 2.54. The van der Waals surface area contributed by atoms with Crippen molar-refractivity contribution >= 4 is 7.98 Å². The molecule has 0 aromatic carbocycles. The first-order valence-corrected chi connectivity index (χ1v) is 4.24. The zero-order valence-corrected chi connectivity index (χ0v) is 7.14. The Kier molecular flexibility index (Phi) is 3.22. The Morgan fingerprint density at radius 1 is 1.20 bits per heavy atom. The van der Waals surface area contributed by atoms with Crippen molar-refractivity contribution in [1.82, 2.24) is 9.71 Å². The monoisotopic (exact) mass is 140 g/mol. The van der Waals surface area contributed by atoms with Gasteiger partial charge in [-0.15, -0.1) is 0 Å². The summed E-state index contributed by atoms with van der Waals surface area (Å²) in [6.45, 7) is 8.57. The van der Waals surface area contributed by atoms with Crippen LogP contribution in [0.3, 0.4) is 0 Å². The molecule has 1 rings (SSSR count). The molecular weight excluding hydrogens is 123 g/mol. The summed E-state index contributed by atoms with van der Waals surface area (Å²) in [7, 11) is 2.20. The van der Waals surface area contributed by atoms with Crippen molar-refractivity contribution in [2.24, 2.45) is 0 Å². The Bertz CT molecular complexity index is 89.6. The van der Waals surface area contributed by atoms with Crippen LogP contribution in [0.5, 0.6) is 0 Å². The Morgan fingerprint density at radius 2 is 1.80 bits per heavy atom. The molecule has 0 amide bonds. The van der Waals surface area contributed by atoms with Gasteiger partial charge in [0.1, 0.15) is 0 Å². The van der Waals surface area contributed by atoms with Gasteiger partial charge in [0.15, 0.2) is 7.98 Å². The molecule has 0 aromatic rings. The Balaban J connectivity index is 2.13. The van der Waals surface area contributed by atoms with E-state index >= 15 is 0 Å². The smallest absolute Gasteiger partial charge is 0.185 e. The molecule has 10 heavy (non-hydrogen) atoms. The first kappa shape index (κ1) is 8.09. The minimum absolute atomic E-state index is 1.25. The third kappa shape index (κ3) is 2.31. The van der Waals surface area contributed by atoms with E-state index in [1.165, 1.54) is 39.1 Å². The van der Waals surface area contributed by atoms with Gasteiger partial charge < -0.3 is 9.71 Å². The number of piperazine rings is 1. The normalized spacial score (nSPS) is 23.3. The Morgan fingerprint density at radius 3 is 2.30 bits per heavy atom. The van der Waals surface area contributed by atoms with Crippen LogP contribution in [0, 0.1) is 0 Å². The first-order chi connectivity index (χ1) is 4.83. The zero-order valence-electron chi connectivity index (χ0n) is 7.14. The third-order valence-electron chi connectivity index (χ3n) is 2.14. The molecule has 0 bridgehead atoms. The molecule has 1 fully saturated rings. The van der Waals surface area contributed by atoms with Gasteiger partial charge in [-0.2, -0.15) is 0 Å². The lowest BCUT2D eigenvalue weighted by Gasteiger charge is -2.32. The van der Waals surface area contributed by atoms with Crippen LogP contribution in [-0.2, 0) is 0 Å². The largest absolute Gasteiger partial charge is 0.346 e. The molecule has 1 heterocycles. The van der Waals surface area contributed by atoms with Gasteiger partial charge in [-0.3, -0.25) is 0 Å². The molecule has 0 aromatic heterocycles. The summed E-state index contributed by atoms with van der Waals surface area (Å²) >= 11 is 0. The van der Waals surface area contributed by atoms with Gasteiger partial charge >= 0.3 is 0 Å². The molecule has 0 N–H and O–H groups in total. The second kappa shape index (κ2) is 3.99. The molecule has 0 saturated carbocycles. The van der Waals surface area contributed by atoms with Crippen LogP contribution in [0.15, 0.2) is 0 Å². The SMILES string of the molecule is BN1CCN(CCC)CC1. The van der Waals surface area contributed by atoms with E-state index in [4.69, 9.17) is 0 Å². The number of hydrogen-bond acceptors (Lipinski definition) is 2. The van der Waals surface area contributed by atoms with Crippen LogP contribution >= 0.6 is 0 Å². The fraction of sp³-hybridized carbons (Fsp3) is 1.00. The fourth-order valence-electron chi connectivity index (χ4n) is 1.39. The van der Waals surface area contributed by atoms with Gasteiger partial charge in [0, 0.05) is 13.1 Å². The van der Waals surface area contributed by atoms with Crippen molar-refractivity contribution in [3.63, 3.8) is 0 Å². The molecule has 0 aliphatic carbocycles. The molecular formula is C7H17BN2. The van der Waals surface area contributed by atoms with E-state index in [0.717, 1.165) is 0 Å². The molecule has 0 spiro atoms. The lowest BCUT2D eigenvalue weighted by molar-refractivity contribution is 0.192. The summed E-state index contributed by atoms with van der Waals surface area (Å²) in [6.07, 6.45) is 1.30. The van der Waals surface area contributed by atoms with Crippen molar-refractivity contribution in [3.05, 3.63) is 0 Å². The van der Waals surface area contributed by atoms with E-state index in [0.29, 0.717) is 0 Å². The van der Waals surface area contributed by atoms with Gasteiger partial charge in [0.05, 0.1) is 0 Å². The van der Waals surface area contributed by atoms with Crippen LogP contribution in [0.4, 0.5) is 0 Å². The van der Waals surface area contributed by atoms with Gasteiger partial charge in [-0.1, -0.05) is 6.92 Å². The van der Waals surface area contributed by atoms with Gasteiger partial charge in [0.25, 0.3) is 0 Å². The molecule has 0 unspecified atom stereocenters. The maximum Gasteiger partial charge on any atom is 0.185 e. The highest BCUT2D eigenvalue weighted by molar-refractivity contribution is 6.04. The van der Waals surface area contributed by atoms with Crippen molar-refractivity contribution in [1.29, 1.82) is 0 Å². The number of hydrogen-bond donors (Lipinski definition) is 0. The number of nitrogens with zero attached hydrogens (tertiary/aromatic N) is 2. The zero-order chi connectivity index (χ0) is 7.40. The van der Waals surface area contributed by atoms with Crippen LogP contribution < -0.4 is 0 Å². The topological polar surface area (TPSA) is 6.48 Å². The molecule has 58 valence electrons. The van der Waals surface area contributed by atoms with E-state index in [9.17, 15) is 0 Å². The third-order valence-corrected chi connectivity index (χ3v) is 2.14. The summed E-state index contributed by atoms with van der Waals surface area (Å²) in [5.74, 6) is 0. The average molecular weight is 140 g/mol. The minimum atomic E-state index is 1.25. The molecule has 1 saturated heterocycles. The standard InChI is InChI=1S/C7H17BN2/c1-2-3-9-4-6-10(8)7-5-9/h2-8H2,1H3. The highest BCUT2D eigenvalue weighted by Gasteiger charge is 2.11. The van der Waals surface area contributed by atoms with Crippen LogP contribution in [0.2, 0.25) is 0 Å². The van der Waals surface area contributed by atoms with E-state index in [1.54, 1.807) is 0 Å². The van der Waals surface area contributed by atoms with E-state index in [-0.39, 0.29) is 0 Å².